The summed E-state index contributed by atoms with van der Waals surface area (Å²) in [4.78, 5) is 18.4. The van der Waals surface area contributed by atoms with Gasteiger partial charge >= 0.3 is 0 Å². The Labute approximate surface area is 197 Å². The zero-order chi connectivity index (χ0) is 24.6. The molecule has 174 valence electrons. The van der Waals surface area contributed by atoms with Crippen LogP contribution in [0, 0.1) is 11.6 Å². The summed E-state index contributed by atoms with van der Waals surface area (Å²) in [5.74, 6) is -2.20. The molecular formula is C24H15F2N5O3S. The monoisotopic (exact) mass is 491 g/mol. The quantitative estimate of drug-likeness (QED) is 0.382. The molecule has 0 aliphatic carbocycles. The summed E-state index contributed by atoms with van der Waals surface area (Å²) in [6, 6.07) is 12.5. The minimum atomic E-state index is -4.49. The molecule has 11 heteroatoms. The van der Waals surface area contributed by atoms with Crippen molar-refractivity contribution < 1.29 is 17.2 Å². The molecule has 2 N–H and O–H groups in total. The summed E-state index contributed by atoms with van der Waals surface area (Å²) in [7, 11) is -4.49. The van der Waals surface area contributed by atoms with Crippen LogP contribution in [-0.4, -0.2) is 28.6 Å². The van der Waals surface area contributed by atoms with E-state index in [1.807, 2.05) is 18.2 Å². The molecule has 0 fully saturated rings. The van der Waals surface area contributed by atoms with Gasteiger partial charge in [0.05, 0.1) is 17.9 Å². The summed E-state index contributed by atoms with van der Waals surface area (Å²) in [5, 5.41) is 8.52. The maximum atomic E-state index is 14.1. The van der Waals surface area contributed by atoms with Crippen LogP contribution in [0.2, 0.25) is 0 Å². The van der Waals surface area contributed by atoms with Crippen LogP contribution in [0.5, 0.6) is 0 Å². The second-order valence-electron chi connectivity index (χ2n) is 7.53. The number of fused-ring (bicyclic) bond motifs is 1. The van der Waals surface area contributed by atoms with Crippen LogP contribution in [0.4, 0.5) is 14.5 Å². The van der Waals surface area contributed by atoms with E-state index in [1.165, 1.54) is 12.3 Å². The van der Waals surface area contributed by atoms with Crippen LogP contribution < -0.4 is 10.3 Å². The van der Waals surface area contributed by atoms with E-state index in [4.69, 9.17) is 0 Å². The van der Waals surface area contributed by atoms with Crippen LogP contribution in [-0.2, 0) is 10.0 Å². The molecule has 0 aliphatic heterocycles. The molecule has 0 radical (unpaired) electrons. The fourth-order valence-electron chi connectivity index (χ4n) is 3.65. The minimum absolute atomic E-state index is 0.323. The highest BCUT2D eigenvalue weighted by Crippen LogP contribution is 2.31. The van der Waals surface area contributed by atoms with Gasteiger partial charge in [0.15, 0.2) is 0 Å². The van der Waals surface area contributed by atoms with Crippen molar-refractivity contribution in [2.45, 2.75) is 4.90 Å². The van der Waals surface area contributed by atoms with E-state index in [0.29, 0.717) is 17.2 Å². The zero-order valence-electron chi connectivity index (χ0n) is 17.7. The topological polar surface area (TPSA) is 118 Å². The Hall–Kier alpha value is -4.51. The molecular weight excluding hydrogens is 476 g/mol. The van der Waals surface area contributed by atoms with Gasteiger partial charge in [0, 0.05) is 35.0 Å². The number of hydrogen-bond acceptors (Lipinski definition) is 6. The summed E-state index contributed by atoms with van der Waals surface area (Å²) < 4.78 is 54.7. The largest absolute Gasteiger partial charge is 0.327 e. The first-order valence-electron chi connectivity index (χ1n) is 10.2. The van der Waals surface area contributed by atoms with E-state index < -0.39 is 32.1 Å². The standard InChI is InChI=1S/C24H15F2N5O3S/c25-17-2-4-23(20(26)11-17)35(33,34)31-22-10-16(12-28-24(22)32)14-1-3-21-19(9-14)18(6-7-27-21)15-5-8-29-30-13-15/h1-13,31H,(H,28,32). The zero-order valence-corrected chi connectivity index (χ0v) is 18.6. The van der Waals surface area contributed by atoms with Gasteiger partial charge in [0.2, 0.25) is 0 Å². The molecule has 5 aromatic rings. The molecule has 3 heterocycles. The van der Waals surface area contributed by atoms with Gasteiger partial charge in [-0.15, -0.1) is 0 Å². The van der Waals surface area contributed by atoms with Gasteiger partial charge in [-0.2, -0.15) is 10.2 Å². The summed E-state index contributed by atoms with van der Waals surface area (Å²) in [6.45, 7) is 0. The first-order chi connectivity index (χ1) is 16.8. The van der Waals surface area contributed by atoms with E-state index in [1.54, 1.807) is 30.7 Å². The Morgan fingerprint density at radius 1 is 0.857 bits per heavy atom. The number of nitrogens with zero attached hydrogens (tertiary/aromatic N) is 3. The predicted octanol–water partition coefficient (Wildman–Crippen LogP) is 4.13. The van der Waals surface area contributed by atoms with Crippen molar-refractivity contribution in [1.82, 2.24) is 20.2 Å². The number of aromatic amines is 1. The third-order valence-electron chi connectivity index (χ3n) is 5.30. The average Bonchev–Trinajstić information content (AvgIpc) is 2.85. The van der Waals surface area contributed by atoms with Gasteiger partial charge in [-0.1, -0.05) is 6.07 Å². The van der Waals surface area contributed by atoms with Crippen LogP contribution >= 0.6 is 0 Å². The Balaban J connectivity index is 1.57. The van der Waals surface area contributed by atoms with Crippen molar-refractivity contribution in [1.29, 1.82) is 0 Å². The van der Waals surface area contributed by atoms with E-state index >= 15 is 0 Å². The van der Waals surface area contributed by atoms with Crippen molar-refractivity contribution >= 4 is 26.6 Å². The lowest BCUT2D eigenvalue weighted by atomic mass is 9.99. The Bertz CT molecular complexity index is 1740. The van der Waals surface area contributed by atoms with E-state index in [0.717, 1.165) is 34.2 Å². The van der Waals surface area contributed by atoms with Crippen molar-refractivity contribution in [2.75, 3.05) is 4.72 Å². The van der Waals surface area contributed by atoms with E-state index in [-0.39, 0.29) is 5.69 Å². The third-order valence-corrected chi connectivity index (χ3v) is 6.70. The number of anilines is 1. The number of aromatic nitrogens is 4. The van der Waals surface area contributed by atoms with E-state index in [2.05, 4.69) is 24.9 Å². The second kappa shape index (κ2) is 8.69. The number of rotatable bonds is 5. The predicted molar refractivity (Wildman–Crippen MR) is 126 cm³/mol. The molecule has 8 nitrogen and oxygen atoms in total. The lowest BCUT2D eigenvalue weighted by Gasteiger charge is -2.11. The number of benzene rings is 2. The molecule has 5 rings (SSSR count). The molecule has 35 heavy (non-hydrogen) atoms. The Morgan fingerprint density at radius 2 is 1.71 bits per heavy atom. The van der Waals surface area contributed by atoms with E-state index in [9.17, 15) is 22.0 Å². The fraction of sp³-hybridized carbons (Fsp3) is 0. The number of H-pyrrole nitrogens is 1. The molecule has 0 aliphatic rings. The Kier molecular flexibility index (Phi) is 5.53. The van der Waals surface area contributed by atoms with Gasteiger partial charge in [0.1, 0.15) is 22.2 Å². The number of nitrogens with one attached hydrogen (secondary N) is 2. The lowest BCUT2D eigenvalue weighted by Crippen LogP contribution is -2.21. The van der Waals surface area contributed by atoms with Gasteiger partial charge in [-0.05, 0) is 53.6 Å². The first-order valence-corrected chi connectivity index (χ1v) is 11.7. The van der Waals surface area contributed by atoms with Crippen LogP contribution in [0.25, 0.3) is 33.2 Å². The van der Waals surface area contributed by atoms with Crippen molar-refractivity contribution in [3.63, 3.8) is 0 Å². The number of halogens is 2. The van der Waals surface area contributed by atoms with Crippen molar-refractivity contribution in [2.24, 2.45) is 0 Å². The van der Waals surface area contributed by atoms with Crippen LogP contribution in [0.15, 0.2) is 89.1 Å². The summed E-state index contributed by atoms with van der Waals surface area (Å²) in [6.07, 6.45) is 6.32. The minimum Gasteiger partial charge on any atom is -0.327 e. The maximum absolute atomic E-state index is 14.1. The molecule has 0 amide bonds. The SMILES string of the molecule is O=c1[nH]cc(-c2ccc3nccc(-c4ccnnc4)c3c2)cc1NS(=O)(=O)c1ccc(F)cc1F. The molecule has 0 spiro atoms. The van der Waals surface area contributed by atoms with Crippen LogP contribution in [0.3, 0.4) is 0 Å². The molecule has 3 aromatic heterocycles. The number of pyridine rings is 2. The molecule has 0 saturated heterocycles. The summed E-state index contributed by atoms with van der Waals surface area (Å²) in [5.41, 5.74) is 2.52. The normalized spacial score (nSPS) is 11.5. The highest BCUT2D eigenvalue weighted by molar-refractivity contribution is 7.92. The first kappa shape index (κ1) is 22.3. The highest BCUT2D eigenvalue weighted by atomic mass is 32.2. The number of hydrogen-bond donors (Lipinski definition) is 2. The Morgan fingerprint density at radius 3 is 2.49 bits per heavy atom. The van der Waals surface area contributed by atoms with Crippen molar-refractivity contribution in [3.8, 4) is 22.3 Å². The number of sulfonamides is 1. The van der Waals surface area contributed by atoms with Gasteiger partial charge in [-0.3, -0.25) is 14.5 Å². The van der Waals surface area contributed by atoms with Crippen molar-refractivity contribution in [3.05, 3.63) is 101 Å². The van der Waals surface area contributed by atoms with Crippen LogP contribution in [0.1, 0.15) is 0 Å². The average molecular weight is 491 g/mol. The fourth-order valence-corrected chi connectivity index (χ4v) is 4.76. The molecule has 0 unspecified atom stereocenters. The van der Waals surface area contributed by atoms with Gasteiger partial charge in [-0.25, -0.2) is 17.2 Å². The van der Waals surface area contributed by atoms with Gasteiger partial charge in [0.25, 0.3) is 15.6 Å². The molecule has 0 saturated carbocycles. The molecule has 2 aromatic carbocycles. The lowest BCUT2D eigenvalue weighted by molar-refractivity contribution is 0.551. The maximum Gasteiger partial charge on any atom is 0.272 e. The summed E-state index contributed by atoms with van der Waals surface area (Å²) >= 11 is 0. The highest BCUT2D eigenvalue weighted by Gasteiger charge is 2.21. The van der Waals surface area contributed by atoms with Gasteiger partial charge < -0.3 is 4.98 Å². The molecule has 0 bridgehead atoms. The smallest absolute Gasteiger partial charge is 0.272 e. The second-order valence-corrected chi connectivity index (χ2v) is 9.18. The molecule has 0 atom stereocenters. The third kappa shape index (κ3) is 4.36.